The van der Waals surface area contributed by atoms with Crippen molar-refractivity contribution < 1.29 is 9.53 Å². The Morgan fingerprint density at radius 2 is 2.22 bits per heavy atom. The fourth-order valence-corrected chi connectivity index (χ4v) is 5.66. The summed E-state index contributed by atoms with van der Waals surface area (Å²) in [6, 6.07) is 2.06. The standard InChI is InChI=1S/C20H26N4O2S/c25-18-4-7-20(24(18)14-15-3-1-11-26-15)6-2-9-23(10-8-20)19-21-13-17-16(22-19)5-12-27-17/h5,12-13,15H,1-4,6-11,14H2/t15-,20-/m0/s1. The molecule has 5 heterocycles. The van der Waals surface area contributed by atoms with Crippen LogP contribution in [0.3, 0.4) is 0 Å². The van der Waals surface area contributed by atoms with E-state index in [4.69, 9.17) is 9.72 Å². The predicted octanol–water partition coefficient (Wildman–Crippen LogP) is 3.22. The molecule has 3 saturated heterocycles. The maximum atomic E-state index is 12.6. The van der Waals surface area contributed by atoms with Crippen molar-refractivity contribution in [2.45, 2.75) is 56.6 Å². The highest BCUT2D eigenvalue weighted by atomic mass is 32.1. The molecule has 0 aliphatic carbocycles. The van der Waals surface area contributed by atoms with Gasteiger partial charge in [0.2, 0.25) is 11.9 Å². The van der Waals surface area contributed by atoms with Crippen LogP contribution in [0, 0.1) is 0 Å². The third kappa shape index (κ3) is 3.21. The van der Waals surface area contributed by atoms with E-state index in [1.54, 1.807) is 11.3 Å². The summed E-state index contributed by atoms with van der Waals surface area (Å²) in [5, 5.41) is 2.06. The zero-order chi connectivity index (χ0) is 18.3. The normalized spacial score (nSPS) is 29.2. The number of rotatable bonds is 3. The summed E-state index contributed by atoms with van der Waals surface area (Å²) in [7, 11) is 0. The number of thiophene rings is 1. The quantitative estimate of drug-likeness (QED) is 0.811. The zero-order valence-electron chi connectivity index (χ0n) is 15.6. The number of amides is 1. The van der Waals surface area contributed by atoms with Crippen LogP contribution in [0.1, 0.15) is 44.9 Å². The van der Waals surface area contributed by atoms with Crippen LogP contribution in [0.4, 0.5) is 5.95 Å². The largest absolute Gasteiger partial charge is 0.376 e. The van der Waals surface area contributed by atoms with Crippen molar-refractivity contribution in [1.29, 1.82) is 0 Å². The number of fused-ring (bicyclic) bond motifs is 1. The molecule has 27 heavy (non-hydrogen) atoms. The van der Waals surface area contributed by atoms with Gasteiger partial charge in [-0.05, 0) is 50.0 Å². The lowest BCUT2D eigenvalue weighted by Crippen LogP contribution is -2.49. The summed E-state index contributed by atoms with van der Waals surface area (Å²) in [4.78, 5) is 26.5. The van der Waals surface area contributed by atoms with E-state index in [2.05, 4.69) is 26.2 Å². The van der Waals surface area contributed by atoms with Gasteiger partial charge in [-0.15, -0.1) is 11.3 Å². The van der Waals surface area contributed by atoms with Gasteiger partial charge in [0.05, 0.1) is 22.5 Å². The molecule has 3 aliphatic heterocycles. The lowest BCUT2D eigenvalue weighted by Gasteiger charge is -2.39. The molecule has 6 nitrogen and oxygen atoms in total. The van der Waals surface area contributed by atoms with Crippen LogP contribution in [0.25, 0.3) is 10.2 Å². The van der Waals surface area contributed by atoms with Crippen molar-refractivity contribution in [1.82, 2.24) is 14.9 Å². The van der Waals surface area contributed by atoms with Crippen LogP contribution in [0.5, 0.6) is 0 Å². The molecule has 0 N–H and O–H groups in total. The van der Waals surface area contributed by atoms with Gasteiger partial charge in [0.1, 0.15) is 0 Å². The maximum Gasteiger partial charge on any atom is 0.225 e. The number of carbonyl (C=O) groups is 1. The lowest BCUT2D eigenvalue weighted by atomic mass is 9.87. The minimum Gasteiger partial charge on any atom is -0.376 e. The molecule has 0 aromatic carbocycles. The average Bonchev–Trinajstić information content (AvgIpc) is 3.38. The molecule has 0 unspecified atom stereocenters. The Labute approximate surface area is 163 Å². The first-order chi connectivity index (χ1) is 13.2. The average molecular weight is 387 g/mol. The molecular formula is C20H26N4O2S. The highest BCUT2D eigenvalue weighted by Gasteiger charge is 2.46. The third-order valence-electron chi connectivity index (χ3n) is 6.48. The van der Waals surface area contributed by atoms with Crippen molar-refractivity contribution >= 4 is 33.4 Å². The summed E-state index contributed by atoms with van der Waals surface area (Å²) in [6.45, 7) is 3.48. The topological polar surface area (TPSA) is 58.6 Å². The molecule has 3 aliphatic rings. The van der Waals surface area contributed by atoms with Gasteiger partial charge in [0.15, 0.2) is 0 Å². The van der Waals surface area contributed by atoms with Crippen molar-refractivity contribution in [2.75, 3.05) is 31.1 Å². The van der Waals surface area contributed by atoms with Crippen molar-refractivity contribution in [3.05, 3.63) is 17.6 Å². The molecule has 0 bridgehead atoms. The molecule has 0 saturated carbocycles. The Bertz CT molecular complexity index is 834. The first kappa shape index (κ1) is 17.4. The van der Waals surface area contributed by atoms with E-state index in [-0.39, 0.29) is 11.6 Å². The van der Waals surface area contributed by atoms with Crippen LogP contribution in [-0.4, -0.2) is 58.7 Å². The predicted molar refractivity (Wildman–Crippen MR) is 106 cm³/mol. The van der Waals surface area contributed by atoms with Crippen LogP contribution in [0.15, 0.2) is 17.6 Å². The van der Waals surface area contributed by atoms with Gasteiger partial charge >= 0.3 is 0 Å². The van der Waals surface area contributed by atoms with E-state index in [1.165, 1.54) is 0 Å². The Morgan fingerprint density at radius 3 is 3.11 bits per heavy atom. The minimum absolute atomic E-state index is 0.00423. The first-order valence-electron chi connectivity index (χ1n) is 10.1. The number of likely N-dealkylation sites (tertiary alicyclic amines) is 1. The summed E-state index contributed by atoms with van der Waals surface area (Å²) >= 11 is 1.68. The smallest absolute Gasteiger partial charge is 0.225 e. The van der Waals surface area contributed by atoms with Crippen LogP contribution < -0.4 is 4.90 Å². The first-order valence-corrected chi connectivity index (χ1v) is 11.0. The number of aromatic nitrogens is 2. The molecule has 1 spiro atoms. The Kier molecular flexibility index (Phi) is 4.52. The van der Waals surface area contributed by atoms with Crippen molar-refractivity contribution in [3.8, 4) is 0 Å². The zero-order valence-corrected chi connectivity index (χ0v) is 16.4. The fourth-order valence-electron chi connectivity index (χ4n) is 4.97. The van der Waals surface area contributed by atoms with E-state index in [0.717, 1.165) is 80.9 Å². The highest BCUT2D eigenvalue weighted by molar-refractivity contribution is 7.17. The molecule has 1 amide bonds. The van der Waals surface area contributed by atoms with E-state index < -0.39 is 0 Å². The SMILES string of the molecule is O=C1CC[C@]2(CCCN(c3ncc4sccc4n3)CC2)N1C[C@@H]1CCCO1. The number of anilines is 1. The monoisotopic (exact) mass is 386 g/mol. The minimum atomic E-state index is 0.00423. The molecular weight excluding hydrogens is 360 g/mol. The van der Waals surface area contributed by atoms with Crippen LogP contribution in [0.2, 0.25) is 0 Å². The van der Waals surface area contributed by atoms with Gasteiger partial charge in [-0.2, -0.15) is 0 Å². The number of hydrogen-bond acceptors (Lipinski definition) is 6. The Morgan fingerprint density at radius 1 is 1.26 bits per heavy atom. The highest BCUT2D eigenvalue weighted by Crippen LogP contribution is 2.40. The van der Waals surface area contributed by atoms with E-state index in [1.807, 2.05) is 6.20 Å². The van der Waals surface area contributed by atoms with Gasteiger partial charge in [-0.1, -0.05) is 0 Å². The lowest BCUT2D eigenvalue weighted by molar-refractivity contribution is -0.133. The number of nitrogens with zero attached hydrogens (tertiary/aromatic N) is 4. The summed E-state index contributed by atoms with van der Waals surface area (Å²) in [6.07, 6.45) is 9.18. The van der Waals surface area contributed by atoms with Gasteiger partial charge in [0, 0.05) is 38.2 Å². The molecule has 3 fully saturated rings. The van der Waals surface area contributed by atoms with Gasteiger partial charge in [0.25, 0.3) is 0 Å². The molecule has 2 atom stereocenters. The van der Waals surface area contributed by atoms with E-state index in [0.29, 0.717) is 12.3 Å². The summed E-state index contributed by atoms with van der Waals surface area (Å²) in [5.74, 6) is 1.14. The second-order valence-electron chi connectivity index (χ2n) is 8.04. The maximum absolute atomic E-state index is 12.6. The van der Waals surface area contributed by atoms with E-state index >= 15 is 0 Å². The fraction of sp³-hybridized carbons (Fsp3) is 0.650. The molecule has 5 rings (SSSR count). The molecule has 2 aromatic rings. The molecule has 7 heteroatoms. The Hall–Kier alpha value is -1.73. The van der Waals surface area contributed by atoms with Gasteiger partial charge in [-0.3, -0.25) is 4.79 Å². The number of carbonyl (C=O) groups excluding carboxylic acids is 1. The molecule has 0 radical (unpaired) electrons. The van der Waals surface area contributed by atoms with Crippen molar-refractivity contribution in [3.63, 3.8) is 0 Å². The van der Waals surface area contributed by atoms with Gasteiger partial charge < -0.3 is 14.5 Å². The second kappa shape index (κ2) is 7.02. The number of ether oxygens (including phenoxy) is 1. The molecule has 2 aromatic heterocycles. The number of hydrogen-bond donors (Lipinski definition) is 0. The van der Waals surface area contributed by atoms with Gasteiger partial charge in [-0.25, -0.2) is 9.97 Å². The molecule has 144 valence electrons. The van der Waals surface area contributed by atoms with Crippen LogP contribution in [-0.2, 0) is 9.53 Å². The van der Waals surface area contributed by atoms with Crippen LogP contribution >= 0.6 is 11.3 Å². The Balaban J connectivity index is 1.33. The van der Waals surface area contributed by atoms with Crippen molar-refractivity contribution in [2.24, 2.45) is 0 Å². The summed E-state index contributed by atoms with van der Waals surface area (Å²) < 4.78 is 6.96. The summed E-state index contributed by atoms with van der Waals surface area (Å²) in [5.41, 5.74) is 1.03. The van der Waals surface area contributed by atoms with E-state index in [9.17, 15) is 4.79 Å². The second-order valence-corrected chi connectivity index (χ2v) is 8.99. The third-order valence-corrected chi connectivity index (χ3v) is 7.32.